The maximum atomic E-state index is 12.6. The molecule has 0 bridgehead atoms. The van der Waals surface area contributed by atoms with Crippen LogP contribution in [0.1, 0.15) is 36.7 Å². The lowest BCUT2D eigenvalue weighted by Crippen LogP contribution is -2.40. The molecule has 2 aromatic heterocycles. The smallest absolute Gasteiger partial charge is 0.250 e. The summed E-state index contributed by atoms with van der Waals surface area (Å²) >= 11 is 0. The Kier molecular flexibility index (Phi) is 4.83. The highest BCUT2D eigenvalue weighted by molar-refractivity contribution is 5.76. The fraction of sp³-hybridized carbons (Fsp3) is 0.500. The van der Waals surface area contributed by atoms with Crippen LogP contribution in [0.15, 0.2) is 35.4 Å². The first-order valence-corrected chi connectivity index (χ1v) is 8.47. The van der Waals surface area contributed by atoms with Crippen LogP contribution in [-0.4, -0.2) is 38.0 Å². The Morgan fingerprint density at radius 1 is 1.38 bits per heavy atom. The van der Waals surface area contributed by atoms with Gasteiger partial charge in [-0.25, -0.2) is 4.98 Å². The third-order valence-corrected chi connectivity index (χ3v) is 4.81. The van der Waals surface area contributed by atoms with Crippen molar-refractivity contribution in [3.05, 3.63) is 52.5 Å². The quantitative estimate of drug-likeness (QED) is 0.858. The topological polar surface area (TPSA) is 60.1 Å². The number of carbonyl (C=O) groups excluding carboxylic acids is 1. The van der Waals surface area contributed by atoms with Crippen molar-refractivity contribution in [1.29, 1.82) is 0 Å². The van der Waals surface area contributed by atoms with Crippen molar-refractivity contribution >= 4 is 5.91 Å². The molecule has 0 aliphatic carbocycles. The van der Waals surface area contributed by atoms with Gasteiger partial charge >= 0.3 is 0 Å². The number of carbonyl (C=O) groups is 1. The molecule has 1 amide bonds. The highest BCUT2D eigenvalue weighted by Gasteiger charge is 2.26. The van der Waals surface area contributed by atoms with Gasteiger partial charge < -0.3 is 14.0 Å². The second-order valence-corrected chi connectivity index (χ2v) is 6.48. The number of aryl methyl sites for hydroxylation is 2. The Balaban J connectivity index is 1.63. The fourth-order valence-corrected chi connectivity index (χ4v) is 3.46. The molecule has 24 heavy (non-hydrogen) atoms. The Morgan fingerprint density at radius 2 is 2.21 bits per heavy atom. The predicted octanol–water partition coefficient (Wildman–Crippen LogP) is 1.69. The summed E-state index contributed by atoms with van der Waals surface area (Å²) in [4.78, 5) is 30.8. The van der Waals surface area contributed by atoms with E-state index in [0.717, 1.165) is 30.9 Å². The minimum Gasteiger partial charge on any atom is -0.342 e. The van der Waals surface area contributed by atoms with E-state index in [1.807, 2.05) is 35.7 Å². The van der Waals surface area contributed by atoms with E-state index >= 15 is 0 Å². The van der Waals surface area contributed by atoms with Gasteiger partial charge in [-0.1, -0.05) is 6.07 Å². The summed E-state index contributed by atoms with van der Waals surface area (Å²) < 4.78 is 3.70. The zero-order valence-corrected chi connectivity index (χ0v) is 14.3. The fourth-order valence-electron chi connectivity index (χ4n) is 3.46. The first-order chi connectivity index (χ1) is 11.6. The van der Waals surface area contributed by atoms with E-state index in [1.54, 1.807) is 16.8 Å². The van der Waals surface area contributed by atoms with Gasteiger partial charge in [-0.15, -0.1) is 0 Å². The molecule has 6 nitrogen and oxygen atoms in total. The van der Waals surface area contributed by atoms with Crippen molar-refractivity contribution in [2.45, 2.75) is 38.6 Å². The number of hydrogen-bond acceptors (Lipinski definition) is 3. The van der Waals surface area contributed by atoms with Crippen LogP contribution in [0.4, 0.5) is 0 Å². The monoisotopic (exact) mass is 328 g/mol. The van der Waals surface area contributed by atoms with Crippen molar-refractivity contribution in [2.75, 3.05) is 13.1 Å². The number of imidazole rings is 1. The van der Waals surface area contributed by atoms with E-state index in [0.29, 0.717) is 25.4 Å². The van der Waals surface area contributed by atoms with Crippen molar-refractivity contribution in [2.24, 2.45) is 7.05 Å². The molecule has 0 saturated carbocycles. The van der Waals surface area contributed by atoms with Crippen LogP contribution in [0.25, 0.3) is 0 Å². The molecule has 0 unspecified atom stereocenters. The summed E-state index contributed by atoms with van der Waals surface area (Å²) in [5.74, 6) is 1.45. The van der Waals surface area contributed by atoms with E-state index in [4.69, 9.17) is 0 Å². The predicted molar refractivity (Wildman–Crippen MR) is 91.8 cm³/mol. The van der Waals surface area contributed by atoms with Gasteiger partial charge in [0.25, 0.3) is 5.56 Å². The average Bonchev–Trinajstić information content (AvgIpc) is 3.00. The van der Waals surface area contributed by atoms with Crippen LogP contribution in [0.2, 0.25) is 0 Å². The molecule has 0 radical (unpaired) electrons. The lowest BCUT2D eigenvalue weighted by Gasteiger charge is -2.32. The highest BCUT2D eigenvalue weighted by Crippen LogP contribution is 2.25. The standard InChI is InChI=1S/C18H24N4O2/c1-14-5-3-7-17(24)22(14)11-8-16(23)21-10-4-6-15(13-21)18-19-9-12-20(18)2/h3,5,7,9,12,15H,4,6,8,10-11,13H2,1-2H3/t15-/m1/s1. The molecule has 2 aromatic rings. The molecule has 1 atom stereocenters. The van der Waals surface area contributed by atoms with Gasteiger partial charge in [0, 0.05) is 63.2 Å². The van der Waals surface area contributed by atoms with Crippen LogP contribution >= 0.6 is 0 Å². The van der Waals surface area contributed by atoms with Crippen molar-refractivity contribution in [3.63, 3.8) is 0 Å². The summed E-state index contributed by atoms with van der Waals surface area (Å²) in [7, 11) is 1.99. The Labute approximate surface area is 141 Å². The SMILES string of the molecule is Cc1cccc(=O)n1CCC(=O)N1CCC[C@@H](c2nccn2C)C1. The number of likely N-dealkylation sites (tertiary alicyclic amines) is 1. The zero-order valence-electron chi connectivity index (χ0n) is 14.3. The van der Waals surface area contributed by atoms with Gasteiger partial charge in [0.05, 0.1) is 0 Å². The number of piperidine rings is 1. The van der Waals surface area contributed by atoms with Gasteiger partial charge in [-0.3, -0.25) is 9.59 Å². The Bertz CT molecular complexity index is 777. The normalized spacial score (nSPS) is 17.9. The van der Waals surface area contributed by atoms with Gasteiger partial charge in [0.15, 0.2) is 0 Å². The molecule has 1 fully saturated rings. The number of hydrogen-bond donors (Lipinski definition) is 0. The zero-order chi connectivity index (χ0) is 17.1. The van der Waals surface area contributed by atoms with Crippen LogP contribution in [-0.2, 0) is 18.4 Å². The molecule has 3 heterocycles. The second kappa shape index (κ2) is 7.03. The number of nitrogens with zero attached hydrogens (tertiary/aromatic N) is 4. The van der Waals surface area contributed by atoms with E-state index in [9.17, 15) is 9.59 Å². The van der Waals surface area contributed by atoms with Crippen molar-refractivity contribution in [3.8, 4) is 0 Å². The molecule has 1 saturated heterocycles. The first kappa shape index (κ1) is 16.5. The van der Waals surface area contributed by atoms with Crippen molar-refractivity contribution in [1.82, 2.24) is 19.0 Å². The number of amides is 1. The third kappa shape index (κ3) is 3.42. The summed E-state index contributed by atoms with van der Waals surface area (Å²) in [5, 5.41) is 0. The number of aromatic nitrogens is 3. The minimum absolute atomic E-state index is 0.0488. The molecule has 0 N–H and O–H groups in total. The first-order valence-electron chi connectivity index (χ1n) is 8.47. The maximum absolute atomic E-state index is 12.6. The third-order valence-electron chi connectivity index (χ3n) is 4.81. The van der Waals surface area contributed by atoms with E-state index in [-0.39, 0.29) is 11.5 Å². The number of pyridine rings is 1. The second-order valence-electron chi connectivity index (χ2n) is 6.48. The van der Waals surface area contributed by atoms with Gasteiger partial charge in [-0.05, 0) is 25.8 Å². The maximum Gasteiger partial charge on any atom is 0.250 e. The van der Waals surface area contributed by atoms with E-state index < -0.39 is 0 Å². The molecule has 3 rings (SSSR count). The summed E-state index contributed by atoms with van der Waals surface area (Å²) in [5.41, 5.74) is 0.840. The lowest BCUT2D eigenvalue weighted by atomic mass is 9.97. The van der Waals surface area contributed by atoms with Gasteiger partial charge in [0.1, 0.15) is 5.82 Å². The van der Waals surface area contributed by atoms with Crippen LogP contribution < -0.4 is 5.56 Å². The minimum atomic E-state index is -0.0488. The molecule has 1 aliphatic heterocycles. The van der Waals surface area contributed by atoms with Crippen LogP contribution in [0, 0.1) is 6.92 Å². The number of rotatable bonds is 4. The molecule has 0 spiro atoms. The molecule has 1 aliphatic rings. The molecule has 6 heteroatoms. The van der Waals surface area contributed by atoms with Crippen LogP contribution in [0.5, 0.6) is 0 Å². The largest absolute Gasteiger partial charge is 0.342 e. The van der Waals surface area contributed by atoms with Crippen LogP contribution in [0.3, 0.4) is 0 Å². The highest BCUT2D eigenvalue weighted by atomic mass is 16.2. The molecular weight excluding hydrogens is 304 g/mol. The van der Waals surface area contributed by atoms with Gasteiger partial charge in [-0.2, -0.15) is 0 Å². The van der Waals surface area contributed by atoms with Crippen molar-refractivity contribution < 1.29 is 4.79 Å². The molecular formula is C18H24N4O2. The average molecular weight is 328 g/mol. The lowest BCUT2D eigenvalue weighted by molar-refractivity contribution is -0.132. The summed E-state index contributed by atoms with van der Waals surface area (Å²) in [6.45, 7) is 3.84. The summed E-state index contributed by atoms with van der Waals surface area (Å²) in [6.07, 6.45) is 6.17. The summed E-state index contributed by atoms with van der Waals surface area (Å²) in [6, 6.07) is 5.18. The molecule has 0 aromatic carbocycles. The van der Waals surface area contributed by atoms with E-state index in [1.165, 1.54) is 6.07 Å². The Morgan fingerprint density at radius 3 is 2.92 bits per heavy atom. The van der Waals surface area contributed by atoms with E-state index in [2.05, 4.69) is 4.98 Å². The molecule has 128 valence electrons. The van der Waals surface area contributed by atoms with Gasteiger partial charge in [0.2, 0.25) is 5.91 Å². The Hall–Kier alpha value is -2.37.